The van der Waals surface area contributed by atoms with Gasteiger partial charge in [-0.15, -0.1) is 6.58 Å². The lowest BCUT2D eigenvalue weighted by atomic mass is 10.2. The first-order valence-electron chi connectivity index (χ1n) is 4.32. The average Bonchev–Trinajstić information content (AvgIpc) is 2.03. The fourth-order valence-corrected chi connectivity index (χ4v) is 1.12. The van der Waals surface area contributed by atoms with Crippen molar-refractivity contribution in [3.63, 3.8) is 0 Å². The molecule has 0 saturated carbocycles. The van der Waals surface area contributed by atoms with Crippen LogP contribution in [-0.4, -0.2) is 30.6 Å². The summed E-state index contributed by atoms with van der Waals surface area (Å²) in [5.74, 6) is 0. The summed E-state index contributed by atoms with van der Waals surface area (Å²) in [5, 5.41) is 0. The van der Waals surface area contributed by atoms with Crippen LogP contribution in [0.15, 0.2) is 12.7 Å². The molecule has 0 bridgehead atoms. The fraction of sp³-hybridized carbons (Fsp3) is 0.778. The minimum absolute atomic E-state index is 0.457. The third-order valence-electron chi connectivity index (χ3n) is 1.84. The van der Waals surface area contributed by atoms with Gasteiger partial charge in [0.15, 0.2) is 0 Å². The van der Waals surface area contributed by atoms with Crippen LogP contribution in [0.2, 0.25) is 0 Å². The Labute approximate surface area is 70.1 Å². The summed E-state index contributed by atoms with van der Waals surface area (Å²) < 4.78 is 0. The number of rotatable bonds is 6. The Bertz CT molecular complexity index is 95.7. The second-order valence-corrected chi connectivity index (χ2v) is 2.80. The molecular weight excluding hydrogens is 136 g/mol. The van der Waals surface area contributed by atoms with E-state index in [4.69, 9.17) is 5.73 Å². The second-order valence-electron chi connectivity index (χ2n) is 2.80. The average molecular weight is 156 g/mol. The van der Waals surface area contributed by atoms with Crippen LogP contribution >= 0.6 is 0 Å². The zero-order valence-corrected chi connectivity index (χ0v) is 7.71. The van der Waals surface area contributed by atoms with Crippen LogP contribution < -0.4 is 5.73 Å². The van der Waals surface area contributed by atoms with Gasteiger partial charge in [0, 0.05) is 19.1 Å². The summed E-state index contributed by atoms with van der Waals surface area (Å²) in [4.78, 5) is 2.34. The van der Waals surface area contributed by atoms with Crippen molar-refractivity contribution in [2.24, 2.45) is 5.73 Å². The van der Waals surface area contributed by atoms with Crippen LogP contribution in [0.25, 0.3) is 0 Å². The Morgan fingerprint density at radius 1 is 1.55 bits per heavy atom. The van der Waals surface area contributed by atoms with Gasteiger partial charge in [-0.25, -0.2) is 0 Å². The van der Waals surface area contributed by atoms with E-state index in [0.717, 1.165) is 19.6 Å². The highest BCUT2D eigenvalue weighted by molar-refractivity contribution is 4.83. The van der Waals surface area contributed by atoms with Crippen LogP contribution in [0.3, 0.4) is 0 Å². The molecule has 0 radical (unpaired) electrons. The largest absolute Gasteiger partial charge is 0.329 e. The summed E-state index contributed by atoms with van der Waals surface area (Å²) in [6, 6.07) is 0.457. The fourth-order valence-electron chi connectivity index (χ4n) is 1.12. The van der Waals surface area contributed by atoms with E-state index in [1.54, 1.807) is 0 Å². The number of hydrogen-bond donors (Lipinski definition) is 1. The van der Waals surface area contributed by atoms with E-state index in [0.29, 0.717) is 6.04 Å². The highest BCUT2D eigenvalue weighted by Gasteiger charge is 2.06. The SMILES string of the molecule is C=CC(C)N(CCC)CCN. The van der Waals surface area contributed by atoms with Crippen LogP contribution in [0.5, 0.6) is 0 Å². The molecule has 66 valence electrons. The van der Waals surface area contributed by atoms with Crippen molar-refractivity contribution in [3.8, 4) is 0 Å². The first-order valence-corrected chi connectivity index (χ1v) is 4.32. The van der Waals surface area contributed by atoms with Crippen LogP contribution in [-0.2, 0) is 0 Å². The van der Waals surface area contributed by atoms with Crippen molar-refractivity contribution in [3.05, 3.63) is 12.7 Å². The lowest BCUT2D eigenvalue weighted by molar-refractivity contribution is 0.248. The van der Waals surface area contributed by atoms with Gasteiger partial charge in [0.05, 0.1) is 0 Å². The Hall–Kier alpha value is -0.340. The molecule has 0 aliphatic rings. The molecule has 0 saturated heterocycles. The van der Waals surface area contributed by atoms with E-state index in [2.05, 4.69) is 25.3 Å². The van der Waals surface area contributed by atoms with Gasteiger partial charge >= 0.3 is 0 Å². The maximum absolute atomic E-state index is 5.48. The summed E-state index contributed by atoms with van der Waals surface area (Å²) in [5.41, 5.74) is 5.48. The predicted octanol–water partition coefficient (Wildman–Crippen LogP) is 1.23. The number of nitrogens with two attached hydrogens (primary N) is 1. The second kappa shape index (κ2) is 6.38. The van der Waals surface area contributed by atoms with Crippen LogP contribution in [0.1, 0.15) is 20.3 Å². The van der Waals surface area contributed by atoms with Crippen molar-refractivity contribution < 1.29 is 0 Å². The Morgan fingerprint density at radius 2 is 2.18 bits per heavy atom. The minimum atomic E-state index is 0.457. The molecule has 0 spiro atoms. The number of hydrogen-bond acceptors (Lipinski definition) is 2. The third kappa shape index (κ3) is 4.17. The molecule has 1 unspecified atom stereocenters. The molecule has 0 amide bonds. The molecule has 0 rings (SSSR count). The van der Waals surface area contributed by atoms with Crippen LogP contribution in [0.4, 0.5) is 0 Å². The minimum Gasteiger partial charge on any atom is -0.329 e. The molecule has 2 N–H and O–H groups in total. The molecule has 2 heteroatoms. The molecule has 0 fully saturated rings. The molecule has 2 nitrogen and oxygen atoms in total. The van der Waals surface area contributed by atoms with Crippen LogP contribution in [0, 0.1) is 0 Å². The maximum atomic E-state index is 5.48. The van der Waals surface area contributed by atoms with E-state index in [1.807, 2.05) is 6.08 Å². The standard InChI is InChI=1S/C9H20N2/c1-4-7-11(8-6-10)9(3)5-2/h5,9H,2,4,6-8,10H2,1,3H3. The zero-order valence-electron chi connectivity index (χ0n) is 7.71. The number of nitrogens with zero attached hydrogens (tertiary/aromatic N) is 1. The summed E-state index contributed by atoms with van der Waals surface area (Å²) in [6.45, 7) is 10.9. The Balaban J connectivity index is 3.75. The van der Waals surface area contributed by atoms with E-state index in [1.165, 1.54) is 6.42 Å². The van der Waals surface area contributed by atoms with Gasteiger partial charge in [0.2, 0.25) is 0 Å². The third-order valence-corrected chi connectivity index (χ3v) is 1.84. The lowest BCUT2D eigenvalue weighted by Crippen LogP contribution is -2.36. The highest BCUT2D eigenvalue weighted by atomic mass is 15.1. The molecule has 0 aromatic heterocycles. The Morgan fingerprint density at radius 3 is 2.55 bits per heavy atom. The summed E-state index contributed by atoms with van der Waals surface area (Å²) in [7, 11) is 0. The smallest absolute Gasteiger partial charge is 0.0247 e. The molecule has 0 aromatic rings. The summed E-state index contributed by atoms with van der Waals surface area (Å²) >= 11 is 0. The van der Waals surface area contributed by atoms with E-state index >= 15 is 0 Å². The highest BCUT2D eigenvalue weighted by Crippen LogP contribution is 1.99. The molecule has 0 aliphatic carbocycles. The first-order chi connectivity index (χ1) is 5.26. The monoisotopic (exact) mass is 156 g/mol. The van der Waals surface area contributed by atoms with Gasteiger partial charge in [-0.1, -0.05) is 13.0 Å². The van der Waals surface area contributed by atoms with Gasteiger partial charge in [0.1, 0.15) is 0 Å². The van der Waals surface area contributed by atoms with Gasteiger partial charge in [-0.2, -0.15) is 0 Å². The van der Waals surface area contributed by atoms with Gasteiger partial charge in [-0.05, 0) is 19.9 Å². The van der Waals surface area contributed by atoms with Crippen molar-refractivity contribution in [1.82, 2.24) is 4.90 Å². The molecule has 0 aromatic carbocycles. The van der Waals surface area contributed by atoms with Crippen molar-refractivity contribution in [2.75, 3.05) is 19.6 Å². The van der Waals surface area contributed by atoms with Crippen molar-refractivity contribution >= 4 is 0 Å². The van der Waals surface area contributed by atoms with E-state index in [9.17, 15) is 0 Å². The zero-order chi connectivity index (χ0) is 8.69. The van der Waals surface area contributed by atoms with Crippen molar-refractivity contribution in [1.29, 1.82) is 0 Å². The quantitative estimate of drug-likeness (QED) is 0.586. The van der Waals surface area contributed by atoms with Gasteiger partial charge < -0.3 is 5.73 Å². The molecule has 11 heavy (non-hydrogen) atoms. The Kier molecular flexibility index (Phi) is 6.18. The van der Waals surface area contributed by atoms with E-state index < -0.39 is 0 Å². The summed E-state index contributed by atoms with van der Waals surface area (Å²) in [6.07, 6.45) is 3.14. The molecular formula is C9H20N2. The van der Waals surface area contributed by atoms with E-state index in [-0.39, 0.29) is 0 Å². The topological polar surface area (TPSA) is 29.3 Å². The van der Waals surface area contributed by atoms with Gasteiger partial charge in [0.25, 0.3) is 0 Å². The molecule has 0 aliphatic heterocycles. The maximum Gasteiger partial charge on any atom is 0.0247 e. The van der Waals surface area contributed by atoms with Gasteiger partial charge in [-0.3, -0.25) is 4.90 Å². The first kappa shape index (κ1) is 10.7. The molecule has 1 atom stereocenters. The lowest BCUT2D eigenvalue weighted by Gasteiger charge is -2.25. The molecule has 0 heterocycles. The normalized spacial score (nSPS) is 13.5. The predicted molar refractivity (Wildman–Crippen MR) is 50.6 cm³/mol. The van der Waals surface area contributed by atoms with Crippen molar-refractivity contribution in [2.45, 2.75) is 26.3 Å².